The zero-order chi connectivity index (χ0) is 92.6. The summed E-state index contributed by atoms with van der Waals surface area (Å²) in [6.45, 7) is 1.41. The van der Waals surface area contributed by atoms with E-state index < -0.39 is 147 Å². The SMILES string of the molecule is OCC[CH2][Sn]([CH2]CC[CH2][Sn]([CH2]CCC[CH2][Sn]([CH2]CC[CH2][Sn]([CH2]CCO)([c]1ccccc1)[c]1ccccc1)([CH2]CC[CH2][Sn]([CH2]CCO)([c]1ccccc1)[c]1ccccc1)[CH2]CC[CH2][Sn]([CH2]CCO)([c]1ccccc1)[c]1ccccc1)([CH2]CC[CH2][Sn]([CH2]CCO)([c]1ccccc1)[c]1ccccc1)[CH2]CC[CH2][Sn]([CH2]CCO)([c]1ccccc1)[c]1ccccc1)([c]1ccccc1)[c]1ccccc1. The molecule has 0 bridgehead atoms. The Morgan fingerprint density at radius 2 is 0.195 bits per heavy atom. The number of hydrogen-bond acceptors (Lipinski definition) is 6. The van der Waals surface area contributed by atoms with Crippen molar-refractivity contribution in [3.8, 4) is 0 Å². The van der Waals surface area contributed by atoms with Gasteiger partial charge in [-0.2, -0.15) is 0 Å². The molecule has 0 heterocycles. The molecule has 12 rings (SSSR count). The Bertz CT molecular complexity index is 3990. The maximum absolute atomic E-state index is 10.8. The van der Waals surface area contributed by atoms with Gasteiger partial charge in [0.1, 0.15) is 0 Å². The quantitative estimate of drug-likeness (QED) is 0.0167. The Hall–Kier alpha value is -3.21. The van der Waals surface area contributed by atoms with Crippen LogP contribution in [0.2, 0.25) is 88.7 Å². The molecule has 704 valence electrons. The third-order valence-corrected chi connectivity index (χ3v) is 155. The van der Waals surface area contributed by atoms with Gasteiger partial charge in [0.05, 0.1) is 0 Å². The van der Waals surface area contributed by atoms with Crippen LogP contribution in [-0.4, -0.2) is 217 Å². The van der Waals surface area contributed by atoms with Crippen molar-refractivity contribution in [2.75, 3.05) is 39.6 Å². The summed E-state index contributed by atoms with van der Waals surface area (Å²) in [4.78, 5) is 0. The van der Waals surface area contributed by atoms with Crippen LogP contribution in [0.25, 0.3) is 0 Å². The standard InChI is InChI=1S/12C6H5.C5H10.6C4H8.6C3H7O.8Sn/c12*1-2-4-6-5-3-1;1-3-5-4-2;6*1-3-4-2;6*1-2-3-4;;;;;;;;/h12*1-5H;1-5H2;6*1-4H2;6*4H,1-3H2;;;;;;;;. The summed E-state index contributed by atoms with van der Waals surface area (Å²) in [5.41, 5.74) is 0. The Morgan fingerprint density at radius 1 is 0.105 bits per heavy atom. The van der Waals surface area contributed by atoms with Crippen LogP contribution in [0.15, 0.2) is 364 Å². The van der Waals surface area contributed by atoms with E-state index in [9.17, 15) is 30.6 Å². The first kappa shape index (κ1) is 109. The summed E-state index contributed by atoms with van der Waals surface area (Å²) in [7, 11) is 0. The summed E-state index contributed by atoms with van der Waals surface area (Å²) in [5, 5.41) is 65.1. The van der Waals surface area contributed by atoms with Gasteiger partial charge in [-0.15, -0.1) is 0 Å². The van der Waals surface area contributed by atoms with Gasteiger partial charge in [0.25, 0.3) is 0 Å². The first-order chi connectivity index (χ1) is 65.6. The Balaban J connectivity index is 0.935. The fourth-order valence-electron chi connectivity index (χ4n) is 24.8. The molecule has 6 N–H and O–H groups in total. The average Bonchev–Trinajstić information content (AvgIpc) is 0.879. The van der Waals surface area contributed by atoms with Crippen LogP contribution in [0.4, 0.5) is 0 Å². The zero-order valence-corrected chi connectivity index (χ0v) is 103. The molecule has 6 nitrogen and oxygen atoms in total. The van der Waals surface area contributed by atoms with E-state index >= 15 is 0 Å². The van der Waals surface area contributed by atoms with Crippen LogP contribution in [0.5, 0.6) is 0 Å². The van der Waals surface area contributed by atoms with E-state index in [-0.39, 0.29) is 39.6 Å². The molecule has 0 atom stereocenters. The van der Waals surface area contributed by atoms with E-state index in [2.05, 4.69) is 364 Å². The van der Waals surface area contributed by atoms with E-state index in [1.165, 1.54) is 158 Å². The van der Waals surface area contributed by atoms with Gasteiger partial charge in [-0.1, -0.05) is 0 Å². The van der Waals surface area contributed by atoms with Crippen molar-refractivity contribution in [3.63, 3.8) is 0 Å². The van der Waals surface area contributed by atoms with Crippen molar-refractivity contribution in [2.24, 2.45) is 0 Å². The van der Waals surface area contributed by atoms with Gasteiger partial charge >= 0.3 is 848 Å². The van der Waals surface area contributed by atoms with E-state index in [0.29, 0.717) is 0 Å². The van der Waals surface area contributed by atoms with Crippen molar-refractivity contribution in [3.05, 3.63) is 364 Å². The minimum atomic E-state index is -3.41. The van der Waals surface area contributed by atoms with Gasteiger partial charge in [0.2, 0.25) is 0 Å². The van der Waals surface area contributed by atoms with Crippen LogP contribution in [0, 0.1) is 0 Å². The number of aliphatic hydroxyl groups excluding tert-OH is 6. The van der Waals surface area contributed by atoms with Crippen LogP contribution < -0.4 is 43.0 Å². The molecule has 0 radical (unpaired) electrons. The van der Waals surface area contributed by atoms with E-state index in [1.54, 1.807) is 43.0 Å². The second-order valence-corrected chi connectivity index (χ2v) is 142. The second-order valence-electron chi connectivity index (χ2n) is 39.7. The topological polar surface area (TPSA) is 121 Å². The Kier molecular flexibility index (Phi) is 48.7. The molecule has 0 spiro atoms. The van der Waals surface area contributed by atoms with Crippen molar-refractivity contribution < 1.29 is 30.6 Å². The molecule has 0 aliphatic carbocycles. The molecule has 0 aliphatic rings. The molecule has 14 heteroatoms. The van der Waals surface area contributed by atoms with Crippen molar-refractivity contribution in [2.45, 2.75) is 224 Å². The second kappa shape index (κ2) is 59.6. The molecular weight excluding hydrogens is 2470 g/mol. The van der Waals surface area contributed by atoms with E-state index in [0.717, 1.165) is 65.1 Å². The summed E-state index contributed by atoms with van der Waals surface area (Å²) >= 11 is -27.0. The van der Waals surface area contributed by atoms with Crippen molar-refractivity contribution in [1.82, 2.24) is 0 Å². The normalized spacial score (nSPS) is 12.5. The summed E-state index contributed by atoms with van der Waals surface area (Å²) in [6, 6.07) is 141. The van der Waals surface area contributed by atoms with Gasteiger partial charge in [0, 0.05) is 0 Å². The monoisotopic (exact) mass is 2640 g/mol. The van der Waals surface area contributed by atoms with Gasteiger partial charge in [-0.3, -0.25) is 0 Å². The fraction of sp³-hybridized carbons (Fsp3) is 0.395. The molecule has 0 aromatic heterocycles. The fourth-order valence-corrected chi connectivity index (χ4v) is 142. The summed E-state index contributed by atoms with van der Waals surface area (Å²) in [5.74, 6) is 0. The third kappa shape index (κ3) is 30.9. The minimum absolute atomic E-state index is 0.234. The average molecular weight is 2640 g/mol. The van der Waals surface area contributed by atoms with Gasteiger partial charge in [0.15, 0.2) is 0 Å². The van der Waals surface area contributed by atoms with Crippen LogP contribution in [0.3, 0.4) is 0 Å². The van der Waals surface area contributed by atoms with Gasteiger partial charge in [-0.25, -0.2) is 0 Å². The van der Waals surface area contributed by atoms with E-state index in [1.807, 2.05) is 0 Å². The number of benzene rings is 12. The molecule has 133 heavy (non-hydrogen) atoms. The Labute approximate surface area is 836 Å². The van der Waals surface area contributed by atoms with Crippen molar-refractivity contribution in [1.29, 1.82) is 0 Å². The first-order valence-electron chi connectivity index (χ1n) is 51.9. The number of aliphatic hydroxyl groups is 6. The molecule has 12 aromatic rings. The number of unbranched alkanes of at least 4 members (excludes halogenated alkanes) is 8. The molecule has 0 saturated carbocycles. The zero-order valence-electron chi connectivity index (χ0n) is 80.6. The molecule has 0 amide bonds. The molecular formula is C119H160O6Sn8. The number of rotatable bonds is 66. The summed E-state index contributed by atoms with van der Waals surface area (Å²) in [6.07, 6.45) is 24.4. The number of hydrogen-bond donors (Lipinski definition) is 6. The predicted molar refractivity (Wildman–Crippen MR) is 595 cm³/mol. The van der Waals surface area contributed by atoms with Gasteiger partial charge < -0.3 is 0 Å². The summed E-state index contributed by atoms with van der Waals surface area (Å²) < 4.78 is 45.0. The predicted octanol–water partition coefficient (Wildman–Crippen LogP) is 21.6. The molecule has 0 aliphatic heterocycles. The van der Waals surface area contributed by atoms with Gasteiger partial charge in [-0.05, 0) is 0 Å². The van der Waals surface area contributed by atoms with Crippen LogP contribution >= 0.6 is 0 Å². The van der Waals surface area contributed by atoms with Crippen molar-refractivity contribution >= 4 is 190 Å². The molecule has 0 unspecified atom stereocenters. The van der Waals surface area contributed by atoms with E-state index in [4.69, 9.17) is 0 Å². The van der Waals surface area contributed by atoms with Crippen LogP contribution in [0.1, 0.15) is 135 Å². The molecule has 0 fully saturated rings. The molecule has 12 aromatic carbocycles. The third-order valence-electron chi connectivity index (χ3n) is 31.8. The maximum atomic E-state index is 10.8. The first-order valence-corrected chi connectivity index (χ1v) is 109. The van der Waals surface area contributed by atoms with Crippen LogP contribution in [-0.2, 0) is 0 Å². The molecule has 0 saturated heterocycles. The Morgan fingerprint density at radius 3 is 0.301 bits per heavy atom.